The van der Waals surface area contributed by atoms with Gasteiger partial charge in [-0.05, 0) is 18.1 Å². The van der Waals surface area contributed by atoms with Gasteiger partial charge in [-0.3, -0.25) is 0 Å². The van der Waals surface area contributed by atoms with Crippen LogP contribution in [-0.2, 0) is 6.42 Å². The van der Waals surface area contributed by atoms with Crippen LogP contribution in [0.1, 0.15) is 5.56 Å². The molecule has 1 rings (SSSR count). The molecule has 0 saturated carbocycles. The highest BCUT2D eigenvalue weighted by molar-refractivity contribution is 7.06. The average Bonchev–Trinajstić information content (AvgIpc) is 2.19. The second-order valence-corrected chi connectivity index (χ2v) is 2.11. The zero-order chi connectivity index (χ0) is 5.82. The molecule has 0 aliphatic rings. The van der Waals surface area contributed by atoms with Crippen molar-refractivity contribution in [3.05, 3.63) is 22.4 Å². The molecule has 0 amide bonds. The Hall–Kier alpha value is -0.340. The predicted octanol–water partition coefficient (Wildman–Crippen LogP) is 0.883. The fraction of sp³-hybridized carbons (Fsp3) is 0.333. The average molecular weight is 126 g/mol. The van der Waals surface area contributed by atoms with Gasteiger partial charge in [0.1, 0.15) is 0 Å². The van der Waals surface area contributed by atoms with E-state index in [0.29, 0.717) is 6.42 Å². The highest BCUT2D eigenvalue weighted by Gasteiger charge is 1.88. The smallest absolute Gasteiger partial charge is 0.0485 e. The van der Waals surface area contributed by atoms with E-state index in [1.54, 1.807) is 0 Å². The molecule has 0 bridgehead atoms. The summed E-state index contributed by atoms with van der Waals surface area (Å²) in [6.45, 7) is 0.209. The van der Waals surface area contributed by atoms with Crippen molar-refractivity contribution in [2.45, 2.75) is 6.42 Å². The van der Waals surface area contributed by atoms with Gasteiger partial charge < -0.3 is 5.11 Å². The van der Waals surface area contributed by atoms with Crippen molar-refractivity contribution in [3.63, 3.8) is 0 Å². The Labute approximate surface area is 52.6 Å². The summed E-state index contributed by atoms with van der Waals surface area (Å²) in [7, 11) is 0. The largest absolute Gasteiger partial charge is 0.396 e. The zero-order valence-electron chi connectivity index (χ0n) is 4.35. The lowest BCUT2D eigenvalue weighted by molar-refractivity contribution is 0.299. The van der Waals surface area contributed by atoms with E-state index in [1.807, 2.05) is 6.07 Å². The van der Waals surface area contributed by atoms with Crippen LogP contribution in [0.15, 0.2) is 6.07 Å². The van der Waals surface area contributed by atoms with E-state index >= 15 is 0 Å². The first-order valence-corrected chi connectivity index (χ1v) is 3.22. The summed E-state index contributed by atoms with van der Waals surface area (Å²) >= 11 is 1.42. The number of thiophene rings is 1. The van der Waals surface area contributed by atoms with Gasteiger partial charge in [0.2, 0.25) is 0 Å². The molecule has 0 spiro atoms. The summed E-state index contributed by atoms with van der Waals surface area (Å²) in [5.74, 6) is 0. The fourth-order valence-corrected chi connectivity index (χ4v) is 1.02. The first-order chi connectivity index (χ1) is 3.93. The van der Waals surface area contributed by atoms with E-state index < -0.39 is 0 Å². The lowest BCUT2D eigenvalue weighted by Crippen LogP contribution is -1.85. The van der Waals surface area contributed by atoms with E-state index in [2.05, 4.69) is 10.8 Å². The van der Waals surface area contributed by atoms with Crippen molar-refractivity contribution < 1.29 is 5.11 Å². The monoisotopic (exact) mass is 126 g/mol. The van der Waals surface area contributed by atoms with Crippen molar-refractivity contribution in [2.24, 2.45) is 0 Å². The highest BCUT2D eigenvalue weighted by Crippen LogP contribution is 2.02. The second-order valence-electron chi connectivity index (χ2n) is 1.47. The first kappa shape index (κ1) is 5.79. The molecule has 0 atom stereocenters. The third-order valence-electron chi connectivity index (χ3n) is 0.855. The number of hydrogen-bond donors (Lipinski definition) is 1. The number of hydrogen-bond acceptors (Lipinski definition) is 2. The van der Waals surface area contributed by atoms with Gasteiger partial charge in [-0.2, -0.15) is 0 Å². The molecular formula is C6H6OS. The molecule has 1 aromatic heterocycles. The minimum Gasteiger partial charge on any atom is -0.396 e. The molecule has 0 aromatic carbocycles. The van der Waals surface area contributed by atoms with Crippen LogP contribution in [-0.4, -0.2) is 11.7 Å². The summed E-state index contributed by atoms with van der Waals surface area (Å²) in [6, 6.07) is 1.85. The molecule has 0 fully saturated rings. The number of aliphatic hydroxyl groups is 1. The maximum Gasteiger partial charge on any atom is 0.0485 e. The molecular weight excluding hydrogens is 120 g/mol. The molecule has 8 heavy (non-hydrogen) atoms. The number of rotatable bonds is 2. The molecule has 1 heterocycles. The Morgan fingerprint density at radius 1 is 1.75 bits per heavy atom. The molecule has 42 valence electrons. The van der Waals surface area contributed by atoms with E-state index in [4.69, 9.17) is 5.11 Å². The molecule has 2 heteroatoms. The molecule has 2 radical (unpaired) electrons. The van der Waals surface area contributed by atoms with Gasteiger partial charge in [-0.1, -0.05) is 0 Å². The molecule has 0 unspecified atom stereocenters. The Morgan fingerprint density at radius 2 is 2.62 bits per heavy atom. The van der Waals surface area contributed by atoms with Crippen molar-refractivity contribution in [1.29, 1.82) is 0 Å². The summed E-state index contributed by atoms with van der Waals surface area (Å²) < 4.78 is 0. The molecule has 0 aliphatic carbocycles. The van der Waals surface area contributed by atoms with E-state index in [9.17, 15) is 0 Å². The van der Waals surface area contributed by atoms with Gasteiger partial charge in [0.25, 0.3) is 0 Å². The highest BCUT2D eigenvalue weighted by atomic mass is 32.1. The number of aliphatic hydroxyl groups excluding tert-OH is 1. The summed E-state index contributed by atoms with van der Waals surface area (Å²) in [4.78, 5) is 0. The van der Waals surface area contributed by atoms with E-state index in [-0.39, 0.29) is 6.61 Å². The minimum atomic E-state index is 0.209. The molecule has 0 aliphatic heterocycles. The van der Waals surface area contributed by atoms with Crippen molar-refractivity contribution in [1.82, 2.24) is 0 Å². The summed E-state index contributed by atoms with van der Waals surface area (Å²) in [5, 5.41) is 14.3. The van der Waals surface area contributed by atoms with Gasteiger partial charge in [0.15, 0.2) is 0 Å². The van der Waals surface area contributed by atoms with E-state index in [0.717, 1.165) is 5.56 Å². The topological polar surface area (TPSA) is 20.2 Å². The third-order valence-corrected chi connectivity index (χ3v) is 1.46. The van der Waals surface area contributed by atoms with Crippen molar-refractivity contribution in [2.75, 3.05) is 6.61 Å². The molecule has 0 saturated heterocycles. The Bertz CT molecular complexity index is 134. The third kappa shape index (κ3) is 1.32. The van der Waals surface area contributed by atoms with Crippen molar-refractivity contribution >= 4 is 11.3 Å². The van der Waals surface area contributed by atoms with Crippen molar-refractivity contribution in [3.8, 4) is 0 Å². The molecule has 1 nitrogen and oxygen atoms in total. The normalized spacial score (nSPS) is 9.62. The zero-order valence-corrected chi connectivity index (χ0v) is 5.16. The first-order valence-electron chi connectivity index (χ1n) is 2.41. The van der Waals surface area contributed by atoms with Gasteiger partial charge in [0, 0.05) is 17.4 Å². The fourth-order valence-electron chi connectivity index (χ4n) is 0.469. The van der Waals surface area contributed by atoms with Crippen LogP contribution < -0.4 is 0 Å². The van der Waals surface area contributed by atoms with Crippen LogP contribution in [0, 0.1) is 10.8 Å². The van der Waals surface area contributed by atoms with Crippen LogP contribution in [0.4, 0.5) is 0 Å². The van der Waals surface area contributed by atoms with Gasteiger partial charge in [-0.15, -0.1) is 11.3 Å². The Balaban J connectivity index is 2.50. The Morgan fingerprint density at radius 3 is 3.12 bits per heavy atom. The quantitative estimate of drug-likeness (QED) is 0.623. The SMILES string of the molecule is OCCc1[c]s[c]c1. The van der Waals surface area contributed by atoms with Gasteiger partial charge in [-0.25, -0.2) is 0 Å². The minimum absolute atomic E-state index is 0.209. The van der Waals surface area contributed by atoms with E-state index in [1.165, 1.54) is 11.3 Å². The van der Waals surface area contributed by atoms with Crippen LogP contribution in [0.25, 0.3) is 0 Å². The van der Waals surface area contributed by atoms with Crippen LogP contribution in [0.5, 0.6) is 0 Å². The lowest BCUT2D eigenvalue weighted by Gasteiger charge is -1.85. The van der Waals surface area contributed by atoms with Crippen LogP contribution >= 0.6 is 11.3 Å². The standard InChI is InChI=1S/C6H6OS/c7-3-1-6-2-4-8-5-6/h2,7H,1,3H2. The Kier molecular flexibility index (Phi) is 2.06. The second kappa shape index (κ2) is 2.84. The maximum atomic E-state index is 8.41. The van der Waals surface area contributed by atoms with Crippen LogP contribution in [0.3, 0.4) is 0 Å². The molecule has 1 N–H and O–H groups in total. The molecule has 1 aromatic rings. The van der Waals surface area contributed by atoms with Gasteiger partial charge >= 0.3 is 0 Å². The predicted molar refractivity (Wildman–Crippen MR) is 32.8 cm³/mol. The van der Waals surface area contributed by atoms with Crippen LogP contribution in [0.2, 0.25) is 0 Å². The van der Waals surface area contributed by atoms with Gasteiger partial charge in [0.05, 0.1) is 0 Å². The lowest BCUT2D eigenvalue weighted by atomic mass is 10.3. The summed E-state index contributed by atoms with van der Waals surface area (Å²) in [5.41, 5.74) is 1.05. The summed E-state index contributed by atoms with van der Waals surface area (Å²) in [6.07, 6.45) is 0.708. The maximum absolute atomic E-state index is 8.41.